The molecule has 1 aliphatic heterocycles. The van der Waals surface area contributed by atoms with Crippen molar-refractivity contribution in [3.63, 3.8) is 0 Å². The maximum Gasteiger partial charge on any atom is 0.220 e. The minimum Gasteiger partial charge on any atom is -0.394 e. The Kier molecular flexibility index (Phi) is 40.4. The van der Waals surface area contributed by atoms with Crippen LogP contribution >= 0.6 is 0 Å². The Morgan fingerprint density at radius 3 is 1.37 bits per heavy atom. The monoisotopic (exact) mass is 876 g/mol. The zero-order valence-corrected chi connectivity index (χ0v) is 39.9. The molecule has 0 aromatic heterocycles. The molecule has 0 aromatic rings. The van der Waals surface area contributed by atoms with Crippen LogP contribution in [0.2, 0.25) is 0 Å². The molecule has 7 atom stereocenters. The summed E-state index contributed by atoms with van der Waals surface area (Å²) in [6.45, 7) is 3.73. The van der Waals surface area contributed by atoms with E-state index < -0.39 is 49.5 Å². The molecule has 9 heteroatoms. The van der Waals surface area contributed by atoms with Crippen molar-refractivity contribution in [2.24, 2.45) is 0 Å². The fourth-order valence-electron chi connectivity index (χ4n) is 7.95. The van der Waals surface area contributed by atoms with Crippen molar-refractivity contribution in [2.45, 2.75) is 269 Å². The average Bonchev–Trinajstić information content (AvgIpc) is 3.27. The van der Waals surface area contributed by atoms with Gasteiger partial charge in [-0.3, -0.25) is 4.79 Å². The summed E-state index contributed by atoms with van der Waals surface area (Å²) in [5, 5.41) is 54.2. The summed E-state index contributed by atoms with van der Waals surface area (Å²) in [6.07, 6.45) is 48.9. The molecule has 1 amide bonds. The quantitative estimate of drug-likeness (QED) is 0.0262. The highest BCUT2D eigenvalue weighted by Crippen LogP contribution is 2.23. The van der Waals surface area contributed by atoms with E-state index in [0.717, 1.165) is 64.2 Å². The number of allylic oxidation sites excluding steroid dienone is 7. The summed E-state index contributed by atoms with van der Waals surface area (Å²) in [6, 6.07) is -0.832. The van der Waals surface area contributed by atoms with Gasteiger partial charge < -0.3 is 40.3 Å². The summed E-state index contributed by atoms with van der Waals surface area (Å²) >= 11 is 0. The van der Waals surface area contributed by atoms with Gasteiger partial charge in [-0.1, -0.05) is 197 Å². The zero-order valence-electron chi connectivity index (χ0n) is 39.9. The van der Waals surface area contributed by atoms with E-state index in [0.29, 0.717) is 6.42 Å². The lowest BCUT2D eigenvalue weighted by Crippen LogP contribution is -2.60. The summed E-state index contributed by atoms with van der Waals surface area (Å²) in [5.41, 5.74) is 0. The summed E-state index contributed by atoms with van der Waals surface area (Å²) < 4.78 is 11.2. The van der Waals surface area contributed by atoms with E-state index in [4.69, 9.17) is 9.47 Å². The highest BCUT2D eigenvalue weighted by Gasteiger charge is 2.44. The van der Waals surface area contributed by atoms with Crippen LogP contribution in [0.1, 0.15) is 226 Å². The Morgan fingerprint density at radius 2 is 0.919 bits per heavy atom. The van der Waals surface area contributed by atoms with Gasteiger partial charge >= 0.3 is 0 Å². The van der Waals surface area contributed by atoms with E-state index in [1.807, 2.05) is 6.08 Å². The van der Waals surface area contributed by atoms with E-state index in [2.05, 4.69) is 55.6 Å². The second-order valence-corrected chi connectivity index (χ2v) is 17.9. The van der Waals surface area contributed by atoms with E-state index >= 15 is 0 Å². The first-order valence-electron chi connectivity index (χ1n) is 25.9. The van der Waals surface area contributed by atoms with Crippen molar-refractivity contribution < 1.29 is 39.8 Å². The van der Waals surface area contributed by atoms with Gasteiger partial charge in [0.25, 0.3) is 0 Å². The highest BCUT2D eigenvalue weighted by molar-refractivity contribution is 5.76. The van der Waals surface area contributed by atoms with Gasteiger partial charge in [-0.15, -0.1) is 0 Å². The lowest BCUT2D eigenvalue weighted by atomic mass is 9.99. The number of unbranched alkanes of at least 4 members (excludes halogenated alkanes) is 27. The van der Waals surface area contributed by atoms with Crippen LogP contribution in [0.25, 0.3) is 0 Å². The first-order valence-corrected chi connectivity index (χ1v) is 25.9. The summed E-state index contributed by atoms with van der Waals surface area (Å²) in [7, 11) is 0. The number of aliphatic hydroxyl groups is 5. The normalized spacial score (nSPS) is 20.7. The van der Waals surface area contributed by atoms with Crippen LogP contribution in [0.5, 0.6) is 0 Å². The van der Waals surface area contributed by atoms with Crippen molar-refractivity contribution in [1.29, 1.82) is 0 Å². The van der Waals surface area contributed by atoms with Gasteiger partial charge in [-0.25, -0.2) is 0 Å². The van der Waals surface area contributed by atoms with Gasteiger partial charge in [-0.05, 0) is 70.6 Å². The SMILES string of the molecule is CCCCCC/C=C\CCCCCCCC(=O)NC(COC1OC(CO)C(O)C(O)C1O)C(O)/C=C/CC/C=C/CC/C=C/CCCCCCCCCCCCCCCCCC. The van der Waals surface area contributed by atoms with Crippen LogP contribution in [-0.2, 0) is 14.3 Å². The van der Waals surface area contributed by atoms with E-state index in [1.165, 1.54) is 141 Å². The van der Waals surface area contributed by atoms with Crippen molar-refractivity contribution in [3.05, 3.63) is 48.6 Å². The van der Waals surface area contributed by atoms with Crippen LogP contribution in [0.4, 0.5) is 0 Å². The number of carbonyl (C=O) groups excluding carboxylic acids is 1. The van der Waals surface area contributed by atoms with Crippen molar-refractivity contribution in [2.75, 3.05) is 13.2 Å². The Labute approximate surface area is 380 Å². The molecule has 1 rings (SSSR count). The fourth-order valence-corrected chi connectivity index (χ4v) is 7.95. The fraction of sp³-hybridized carbons (Fsp3) is 0.830. The summed E-state index contributed by atoms with van der Waals surface area (Å²) in [5.74, 6) is -0.201. The van der Waals surface area contributed by atoms with Crippen LogP contribution in [0, 0.1) is 0 Å². The topological polar surface area (TPSA) is 149 Å². The Hall–Kier alpha value is -1.85. The van der Waals surface area contributed by atoms with E-state index in [9.17, 15) is 30.3 Å². The first kappa shape index (κ1) is 58.2. The third-order valence-corrected chi connectivity index (χ3v) is 12.1. The maximum absolute atomic E-state index is 13.0. The maximum atomic E-state index is 13.0. The number of amides is 1. The van der Waals surface area contributed by atoms with Crippen molar-refractivity contribution in [3.8, 4) is 0 Å². The number of nitrogens with one attached hydrogen (secondary N) is 1. The Balaban J connectivity index is 2.30. The molecule has 1 aliphatic rings. The predicted octanol–water partition coefficient (Wildman–Crippen LogP) is 11.8. The molecule has 1 fully saturated rings. The van der Waals surface area contributed by atoms with Gasteiger partial charge in [0.1, 0.15) is 24.4 Å². The molecular formula is C53H97NO8. The first-order chi connectivity index (χ1) is 30.3. The number of rotatable bonds is 43. The molecule has 7 unspecified atom stereocenters. The smallest absolute Gasteiger partial charge is 0.220 e. The number of carbonyl (C=O) groups is 1. The minimum atomic E-state index is -1.58. The van der Waals surface area contributed by atoms with Crippen molar-refractivity contribution >= 4 is 5.91 Å². The van der Waals surface area contributed by atoms with Gasteiger partial charge in [0.05, 0.1) is 25.4 Å². The Bertz CT molecular complexity index is 1110. The number of hydrogen-bond donors (Lipinski definition) is 6. The summed E-state index contributed by atoms with van der Waals surface area (Å²) in [4.78, 5) is 13.0. The average molecular weight is 876 g/mol. The third-order valence-electron chi connectivity index (χ3n) is 12.1. The minimum absolute atomic E-state index is 0.201. The van der Waals surface area contributed by atoms with Gasteiger partial charge in [0.15, 0.2) is 6.29 Å². The van der Waals surface area contributed by atoms with Crippen LogP contribution in [0.3, 0.4) is 0 Å². The largest absolute Gasteiger partial charge is 0.394 e. The molecule has 0 bridgehead atoms. The molecule has 0 radical (unpaired) electrons. The van der Waals surface area contributed by atoms with Crippen LogP contribution < -0.4 is 5.32 Å². The van der Waals surface area contributed by atoms with Crippen LogP contribution in [-0.4, -0.2) is 87.5 Å². The second kappa shape index (κ2) is 43.1. The predicted molar refractivity (Wildman–Crippen MR) is 258 cm³/mol. The molecule has 9 nitrogen and oxygen atoms in total. The number of ether oxygens (including phenoxy) is 2. The lowest BCUT2D eigenvalue weighted by molar-refractivity contribution is -0.302. The lowest BCUT2D eigenvalue weighted by Gasteiger charge is -2.40. The third kappa shape index (κ3) is 32.8. The van der Waals surface area contributed by atoms with E-state index in [1.54, 1.807) is 6.08 Å². The molecule has 62 heavy (non-hydrogen) atoms. The van der Waals surface area contributed by atoms with Crippen molar-refractivity contribution in [1.82, 2.24) is 5.32 Å². The number of hydrogen-bond acceptors (Lipinski definition) is 8. The molecule has 0 spiro atoms. The highest BCUT2D eigenvalue weighted by atomic mass is 16.7. The molecule has 6 N–H and O–H groups in total. The molecule has 1 heterocycles. The second-order valence-electron chi connectivity index (χ2n) is 17.9. The standard InChI is InChI=1S/C53H97NO8/c1-3-5-7-9-11-13-15-17-18-19-20-21-22-23-24-25-26-27-28-29-31-32-34-36-38-40-42-47(56)46(45-61-53-52(60)51(59)50(58)48(44-55)62-53)54-49(57)43-41-39-37-35-33-30-16-14-12-10-8-6-4-2/h14,16,27-28,32,34,40,42,46-48,50-53,55-56,58-60H,3-13,15,17-26,29-31,33,35-39,41,43-45H2,1-2H3,(H,54,57)/b16-14-,28-27+,34-32+,42-40+. The zero-order chi connectivity index (χ0) is 45.1. The molecule has 0 aliphatic carbocycles. The van der Waals surface area contributed by atoms with Gasteiger partial charge in [0.2, 0.25) is 5.91 Å². The molecule has 0 saturated carbocycles. The van der Waals surface area contributed by atoms with Gasteiger partial charge in [0, 0.05) is 6.42 Å². The molecular weight excluding hydrogens is 779 g/mol. The molecule has 0 aromatic carbocycles. The van der Waals surface area contributed by atoms with Crippen LogP contribution in [0.15, 0.2) is 48.6 Å². The molecule has 1 saturated heterocycles. The molecule has 362 valence electrons. The Morgan fingerprint density at radius 1 is 0.532 bits per heavy atom. The van der Waals surface area contributed by atoms with Gasteiger partial charge in [-0.2, -0.15) is 0 Å². The number of aliphatic hydroxyl groups excluding tert-OH is 5. The van der Waals surface area contributed by atoms with E-state index in [-0.39, 0.29) is 12.5 Å².